The van der Waals surface area contributed by atoms with Gasteiger partial charge < -0.3 is 10.2 Å². The predicted molar refractivity (Wildman–Crippen MR) is 86.2 cm³/mol. The van der Waals surface area contributed by atoms with Crippen molar-refractivity contribution in [2.75, 3.05) is 0 Å². The first-order valence-electron chi connectivity index (χ1n) is 6.68. The second-order valence-corrected chi connectivity index (χ2v) is 4.41. The summed E-state index contributed by atoms with van der Waals surface area (Å²) in [6.45, 7) is 0. The molecule has 0 atom stereocenters. The van der Waals surface area contributed by atoms with Gasteiger partial charge in [0.05, 0.1) is 11.6 Å². The van der Waals surface area contributed by atoms with E-state index in [2.05, 4.69) is 0 Å². The van der Waals surface area contributed by atoms with Crippen LogP contribution in [0.25, 0.3) is 6.08 Å². The van der Waals surface area contributed by atoms with Crippen molar-refractivity contribution in [3.63, 3.8) is 0 Å². The van der Waals surface area contributed by atoms with Crippen molar-refractivity contribution in [2.24, 2.45) is 0 Å². The number of rotatable bonds is 4. The summed E-state index contributed by atoms with van der Waals surface area (Å²) < 4.78 is 0. The monoisotopic (exact) mass is 323 g/mol. The standard InChI is InChI=1S/C10H7NO2.C8H6O3/c11-7-9-3-1-8(2-4-9)5-6-10(12)13;9-7(8(10)11)6-4-2-1-3-5-6/h1-6H,(H,12,13);1-5H,(H,10,11)/b6-5+;. The summed E-state index contributed by atoms with van der Waals surface area (Å²) in [5.74, 6) is -3.27. The fourth-order valence-electron chi connectivity index (χ4n) is 1.55. The maximum absolute atomic E-state index is 10.7. The molecule has 0 spiro atoms. The third-order valence-corrected chi connectivity index (χ3v) is 2.69. The van der Waals surface area contributed by atoms with E-state index in [-0.39, 0.29) is 5.56 Å². The number of carboxylic acid groups (broad SMARTS) is 2. The van der Waals surface area contributed by atoms with Crippen molar-refractivity contribution < 1.29 is 24.6 Å². The molecule has 0 saturated heterocycles. The molecule has 6 nitrogen and oxygen atoms in total. The van der Waals surface area contributed by atoms with Crippen LogP contribution in [-0.2, 0) is 9.59 Å². The average molecular weight is 323 g/mol. The molecule has 0 aliphatic rings. The molecule has 2 aromatic carbocycles. The maximum atomic E-state index is 10.7. The highest BCUT2D eigenvalue weighted by molar-refractivity contribution is 6.39. The van der Waals surface area contributed by atoms with Gasteiger partial charge in [-0.25, -0.2) is 9.59 Å². The number of benzene rings is 2. The second kappa shape index (κ2) is 9.33. The van der Waals surface area contributed by atoms with E-state index in [1.807, 2.05) is 6.07 Å². The Morgan fingerprint density at radius 1 is 0.917 bits per heavy atom. The second-order valence-electron chi connectivity index (χ2n) is 4.41. The van der Waals surface area contributed by atoms with Gasteiger partial charge in [0.25, 0.3) is 5.78 Å². The Balaban J connectivity index is 0.000000243. The average Bonchev–Trinajstić information content (AvgIpc) is 2.61. The number of carbonyl (C=O) groups excluding carboxylic acids is 1. The lowest BCUT2D eigenvalue weighted by molar-refractivity contribution is -0.132. The van der Waals surface area contributed by atoms with E-state index >= 15 is 0 Å². The van der Waals surface area contributed by atoms with Crippen LogP contribution in [0.5, 0.6) is 0 Å². The Bertz CT molecular complexity index is 786. The van der Waals surface area contributed by atoms with Crippen molar-refractivity contribution in [3.05, 3.63) is 77.4 Å². The summed E-state index contributed by atoms with van der Waals surface area (Å²) in [6, 6.07) is 16.5. The minimum absolute atomic E-state index is 0.208. The predicted octanol–water partition coefficient (Wildman–Crippen LogP) is 2.61. The van der Waals surface area contributed by atoms with Crippen LogP contribution in [0.15, 0.2) is 60.7 Å². The summed E-state index contributed by atoms with van der Waals surface area (Å²) in [4.78, 5) is 31.1. The van der Waals surface area contributed by atoms with Gasteiger partial charge in [-0.15, -0.1) is 0 Å². The van der Waals surface area contributed by atoms with Gasteiger partial charge in [0, 0.05) is 11.6 Å². The third kappa shape index (κ3) is 6.37. The Morgan fingerprint density at radius 2 is 1.50 bits per heavy atom. The number of nitrogens with zero attached hydrogens (tertiary/aromatic N) is 1. The zero-order valence-corrected chi connectivity index (χ0v) is 12.4. The molecule has 0 radical (unpaired) electrons. The lowest BCUT2D eigenvalue weighted by atomic mass is 10.1. The van der Waals surface area contributed by atoms with E-state index in [0.29, 0.717) is 5.56 Å². The molecule has 6 heteroatoms. The molecule has 0 aromatic heterocycles. The number of carbonyl (C=O) groups is 3. The molecular weight excluding hydrogens is 310 g/mol. The molecule has 0 amide bonds. The molecule has 120 valence electrons. The minimum Gasteiger partial charge on any atom is -0.478 e. The van der Waals surface area contributed by atoms with Gasteiger partial charge in [0.2, 0.25) is 0 Å². The van der Waals surface area contributed by atoms with E-state index in [1.165, 1.54) is 18.2 Å². The number of carboxylic acids is 2. The first-order valence-corrected chi connectivity index (χ1v) is 6.68. The lowest BCUT2D eigenvalue weighted by Gasteiger charge is -1.91. The van der Waals surface area contributed by atoms with Gasteiger partial charge in [-0.05, 0) is 23.8 Å². The third-order valence-electron chi connectivity index (χ3n) is 2.69. The molecule has 24 heavy (non-hydrogen) atoms. The number of nitriles is 1. The molecule has 2 N–H and O–H groups in total. The fraction of sp³-hybridized carbons (Fsp3) is 0. The van der Waals surface area contributed by atoms with E-state index in [0.717, 1.165) is 11.6 Å². The highest BCUT2D eigenvalue weighted by atomic mass is 16.4. The van der Waals surface area contributed by atoms with Crippen LogP contribution in [0.1, 0.15) is 21.5 Å². The first-order chi connectivity index (χ1) is 11.4. The van der Waals surface area contributed by atoms with Gasteiger partial charge in [-0.1, -0.05) is 42.5 Å². The van der Waals surface area contributed by atoms with Crippen LogP contribution in [0.2, 0.25) is 0 Å². The van der Waals surface area contributed by atoms with Crippen molar-refractivity contribution in [3.8, 4) is 6.07 Å². The molecule has 2 aromatic rings. The topological polar surface area (TPSA) is 115 Å². The Kier molecular flexibility index (Phi) is 7.12. The zero-order valence-electron chi connectivity index (χ0n) is 12.4. The Morgan fingerprint density at radius 3 is 1.96 bits per heavy atom. The largest absolute Gasteiger partial charge is 0.478 e. The van der Waals surface area contributed by atoms with E-state index in [1.54, 1.807) is 42.5 Å². The fourth-order valence-corrected chi connectivity index (χ4v) is 1.55. The molecule has 2 rings (SSSR count). The number of hydrogen-bond acceptors (Lipinski definition) is 4. The summed E-state index contributed by atoms with van der Waals surface area (Å²) in [6.07, 6.45) is 2.53. The molecule has 0 bridgehead atoms. The summed E-state index contributed by atoms with van der Waals surface area (Å²) in [7, 11) is 0. The number of Topliss-reactive ketones (excluding diaryl/α,β-unsaturated/α-hetero) is 1. The highest BCUT2D eigenvalue weighted by Gasteiger charge is 2.12. The maximum Gasteiger partial charge on any atom is 0.377 e. The first kappa shape index (κ1) is 18.3. The van der Waals surface area contributed by atoms with Crippen LogP contribution in [0, 0.1) is 11.3 Å². The molecule has 0 fully saturated rings. The summed E-state index contributed by atoms with van der Waals surface area (Å²) in [5, 5.41) is 25.1. The van der Waals surface area contributed by atoms with Crippen molar-refractivity contribution in [1.29, 1.82) is 5.26 Å². The Labute approximate surface area is 137 Å². The molecule has 0 aliphatic heterocycles. The highest BCUT2D eigenvalue weighted by Crippen LogP contribution is 2.04. The van der Waals surface area contributed by atoms with E-state index in [4.69, 9.17) is 15.5 Å². The van der Waals surface area contributed by atoms with E-state index < -0.39 is 17.7 Å². The van der Waals surface area contributed by atoms with Crippen LogP contribution in [0.4, 0.5) is 0 Å². The normalized spacial score (nSPS) is 9.46. The van der Waals surface area contributed by atoms with Crippen LogP contribution < -0.4 is 0 Å². The van der Waals surface area contributed by atoms with Gasteiger partial charge in [-0.3, -0.25) is 4.79 Å². The smallest absolute Gasteiger partial charge is 0.377 e. The summed E-state index contributed by atoms with van der Waals surface area (Å²) in [5.41, 5.74) is 1.54. The Hall–Kier alpha value is -3.72. The number of hydrogen-bond donors (Lipinski definition) is 2. The van der Waals surface area contributed by atoms with Crippen LogP contribution >= 0.6 is 0 Å². The molecule has 0 unspecified atom stereocenters. The minimum atomic E-state index is -1.42. The quantitative estimate of drug-likeness (QED) is 0.507. The number of ketones is 1. The molecule has 0 aliphatic carbocycles. The van der Waals surface area contributed by atoms with Crippen molar-refractivity contribution in [1.82, 2.24) is 0 Å². The van der Waals surface area contributed by atoms with Gasteiger partial charge >= 0.3 is 11.9 Å². The van der Waals surface area contributed by atoms with Gasteiger partial charge in [0.15, 0.2) is 0 Å². The van der Waals surface area contributed by atoms with Crippen molar-refractivity contribution in [2.45, 2.75) is 0 Å². The SMILES string of the molecule is N#Cc1ccc(/C=C/C(=O)O)cc1.O=C(O)C(=O)c1ccccc1. The van der Waals surface area contributed by atoms with Crippen molar-refractivity contribution >= 4 is 23.8 Å². The van der Waals surface area contributed by atoms with Gasteiger partial charge in [-0.2, -0.15) is 5.26 Å². The molecule has 0 saturated carbocycles. The van der Waals surface area contributed by atoms with Crippen LogP contribution in [0.3, 0.4) is 0 Å². The molecule has 0 heterocycles. The lowest BCUT2D eigenvalue weighted by Crippen LogP contribution is -2.12. The zero-order chi connectivity index (χ0) is 17.9. The number of aliphatic carboxylic acids is 2. The van der Waals surface area contributed by atoms with Gasteiger partial charge in [0.1, 0.15) is 0 Å². The molecular formula is C18H13NO5. The van der Waals surface area contributed by atoms with E-state index in [9.17, 15) is 14.4 Å². The summed E-state index contributed by atoms with van der Waals surface area (Å²) >= 11 is 0. The van der Waals surface area contributed by atoms with Crippen LogP contribution in [-0.4, -0.2) is 27.9 Å².